The Morgan fingerprint density at radius 2 is 1.63 bits per heavy atom. The molecule has 150 valence electrons. The van der Waals surface area contributed by atoms with Gasteiger partial charge in [0.05, 0.1) is 0 Å². The van der Waals surface area contributed by atoms with E-state index in [1.807, 2.05) is 67.6 Å². The first-order valence-electron chi connectivity index (χ1n) is 9.38. The monoisotopic (exact) mass is 418 g/mol. The quantitative estimate of drug-likeness (QED) is 0.441. The van der Waals surface area contributed by atoms with E-state index in [0.717, 1.165) is 16.7 Å². The molecule has 0 saturated carbocycles. The Bertz CT molecular complexity index is 1150. The van der Waals surface area contributed by atoms with Gasteiger partial charge in [0.2, 0.25) is 11.8 Å². The molecule has 0 aliphatic rings. The highest BCUT2D eigenvalue weighted by atomic mass is 35.5. The molecule has 1 aromatic heterocycles. The zero-order valence-corrected chi connectivity index (χ0v) is 16.9. The fourth-order valence-corrected chi connectivity index (χ4v) is 3.19. The molecule has 1 atom stereocenters. The molecule has 0 bridgehead atoms. The highest BCUT2D eigenvalue weighted by Gasteiger charge is 2.23. The molecule has 0 spiro atoms. The summed E-state index contributed by atoms with van der Waals surface area (Å²) in [7, 11) is 0. The minimum Gasteiger partial charge on any atom is -0.418 e. The summed E-state index contributed by atoms with van der Waals surface area (Å²) in [6.45, 7) is 1.84. The normalized spacial score (nSPS) is 11.7. The molecule has 0 radical (unpaired) electrons. The summed E-state index contributed by atoms with van der Waals surface area (Å²) in [6, 6.07) is 23.3. The number of nitrogens with one attached hydrogen (secondary N) is 2. The molecule has 7 heteroatoms. The topological polar surface area (TPSA) is 80.0 Å². The van der Waals surface area contributed by atoms with E-state index in [4.69, 9.17) is 16.0 Å². The van der Waals surface area contributed by atoms with Crippen molar-refractivity contribution in [1.29, 1.82) is 0 Å². The number of halogens is 1. The van der Waals surface area contributed by atoms with Crippen LogP contribution in [0.5, 0.6) is 0 Å². The summed E-state index contributed by atoms with van der Waals surface area (Å²) in [4.78, 5) is 12.8. The van der Waals surface area contributed by atoms with Gasteiger partial charge in [0, 0.05) is 16.3 Å². The Morgan fingerprint density at radius 3 is 2.37 bits per heavy atom. The average Bonchev–Trinajstić information content (AvgIpc) is 3.26. The highest BCUT2D eigenvalue weighted by Crippen LogP contribution is 2.26. The summed E-state index contributed by atoms with van der Waals surface area (Å²) in [5.41, 5.74) is 3.04. The van der Waals surface area contributed by atoms with Crippen molar-refractivity contribution in [1.82, 2.24) is 15.5 Å². The van der Waals surface area contributed by atoms with Crippen molar-refractivity contribution in [3.05, 3.63) is 101 Å². The van der Waals surface area contributed by atoms with Crippen LogP contribution in [0.15, 0.2) is 83.3 Å². The highest BCUT2D eigenvalue weighted by molar-refractivity contribution is 6.31. The SMILES string of the molecule is Cc1c(Cl)cccc1NC(=O)NC(c1ccccc1)c1nnc(-c2ccccc2)o1. The number of rotatable bonds is 5. The second-order valence-corrected chi connectivity index (χ2v) is 7.07. The van der Waals surface area contributed by atoms with Crippen molar-refractivity contribution in [2.45, 2.75) is 13.0 Å². The summed E-state index contributed by atoms with van der Waals surface area (Å²) in [6.07, 6.45) is 0. The zero-order valence-electron chi connectivity index (χ0n) is 16.2. The first-order chi connectivity index (χ1) is 14.6. The fourth-order valence-electron chi connectivity index (χ4n) is 3.01. The van der Waals surface area contributed by atoms with Crippen LogP contribution < -0.4 is 10.6 Å². The second kappa shape index (κ2) is 8.80. The lowest BCUT2D eigenvalue weighted by atomic mass is 10.1. The van der Waals surface area contributed by atoms with Crippen molar-refractivity contribution in [3.63, 3.8) is 0 Å². The maximum atomic E-state index is 12.8. The molecule has 0 aliphatic carbocycles. The van der Waals surface area contributed by atoms with Gasteiger partial charge in [0.1, 0.15) is 6.04 Å². The third-order valence-corrected chi connectivity index (χ3v) is 5.04. The summed E-state index contributed by atoms with van der Waals surface area (Å²) in [5, 5.41) is 14.7. The Morgan fingerprint density at radius 1 is 0.933 bits per heavy atom. The van der Waals surface area contributed by atoms with Gasteiger partial charge in [-0.1, -0.05) is 66.2 Å². The molecule has 0 aliphatic heterocycles. The van der Waals surface area contributed by atoms with Crippen LogP contribution in [0.4, 0.5) is 10.5 Å². The van der Waals surface area contributed by atoms with Gasteiger partial charge >= 0.3 is 6.03 Å². The predicted molar refractivity (Wildman–Crippen MR) is 116 cm³/mol. The van der Waals surface area contributed by atoms with Gasteiger partial charge in [0.15, 0.2) is 0 Å². The van der Waals surface area contributed by atoms with Crippen LogP contribution in [0.25, 0.3) is 11.5 Å². The van der Waals surface area contributed by atoms with Gasteiger partial charge in [0.25, 0.3) is 0 Å². The van der Waals surface area contributed by atoms with Crippen LogP contribution in [0, 0.1) is 6.92 Å². The van der Waals surface area contributed by atoms with E-state index in [-0.39, 0.29) is 5.89 Å². The van der Waals surface area contributed by atoms with Crippen LogP contribution in [0.2, 0.25) is 5.02 Å². The van der Waals surface area contributed by atoms with Crippen LogP contribution in [-0.4, -0.2) is 16.2 Å². The standard InChI is InChI=1S/C23H19ClN4O2/c1-15-18(24)13-8-14-19(15)25-23(29)26-20(16-9-4-2-5-10-16)22-28-27-21(30-22)17-11-6-3-7-12-17/h2-14,20H,1H3,(H2,25,26,29). The number of carbonyl (C=O) groups excluding carboxylic acids is 1. The third kappa shape index (κ3) is 4.34. The van der Waals surface area contributed by atoms with Crippen LogP contribution in [-0.2, 0) is 0 Å². The van der Waals surface area contributed by atoms with Crippen LogP contribution >= 0.6 is 11.6 Å². The summed E-state index contributed by atoms with van der Waals surface area (Å²) in [5.74, 6) is 0.678. The van der Waals surface area contributed by atoms with Crippen molar-refractivity contribution in [2.24, 2.45) is 0 Å². The molecule has 6 nitrogen and oxygen atoms in total. The number of carbonyl (C=O) groups is 1. The summed E-state index contributed by atoms with van der Waals surface area (Å²) < 4.78 is 5.89. The molecule has 2 amide bonds. The van der Waals surface area contributed by atoms with Crippen LogP contribution in [0.1, 0.15) is 23.1 Å². The van der Waals surface area contributed by atoms with E-state index in [1.165, 1.54) is 0 Å². The molecule has 4 aromatic rings. The predicted octanol–water partition coefficient (Wildman–Crippen LogP) is 5.61. The molecule has 0 saturated heterocycles. The van der Waals surface area contributed by atoms with Crippen molar-refractivity contribution >= 4 is 23.3 Å². The molecule has 2 N–H and O–H groups in total. The van der Waals surface area contributed by atoms with Crippen molar-refractivity contribution < 1.29 is 9.21 Å². The van der Waals surface area contributed by atoms with E-state index >= 15 is 0 Å². The molecule has 30 heavy (non-hydrogen) atoms. The van der Waals surface area contributed by atoms with E-state index in [0.29, 0.717) is 16.6 Å². The number of nitrogens with zero attached hydrogens (tertiary/aromatic N) is 2. The smallest absolute Gasteiger partial charge is 0.320 e. The van der Waals surface area contributed by atoms with E-state index in [1.54, 1.807) is 18.2 Å². The van der Waals surface area contributed by atoms with Crippen molar-refractivity contribution in [2.75, 3.05) is 5.32 Å². The number of anilines is 1. The van der Waals surface area contributed by atoms with E-state index < -0.39 is 12.1 Å². The first-order valence-corrected chi connectivity index (χ1v) is 9.76. The molecular formula is C23H19ClN4O2. The van der Waals surface area contributed by atoms with E-state index in [2.05, 4.69) is 20.8 Å². The molecule has 1 heterocycles. The van der Waals surface area contributed by atoms with Gasteiger partial charge in [-0.3, -0.25) is 0 Å². The van der Waals surface area contributed by atoms with Gasteiger partial charge < -0.3 is 15.1 Å². The molecule has 0 fully saturated rings. The Labute approximate surface area is 178 Å². The molecular weight excluding hydrogens is 400 g/mol. The third-order valence-electron chi connectivity index (χ3n) is 4.63. The lowest BCUT2D eigenvalue weighted by molar-refractivity contribution is 0.248. The summed E-state index contributed by atoms with van der Waals surface area (Å²) >= 11 is 6.15. The first kappa shape index (κ1) is 19.7. The van der Waals surface area contributed by atoms with Gasteiger partial charge in [-0.05, 0) is 42.3 Å². The number of urea groups is 1. The largest absolute Gasteiger partial charge is 0.418 e. The minimum absolute atomic E-state index is 0.290. The molecule has 3 aromatic carbocycles. The average molecular weight is 419 g/mol. The fraction of sp³-hybridized carbons (Fsp3) is 0.0870. The van der Waals surface area contributed by atoms with Crippen molar-refractivity contribution in [3.8, 4) is 11.5 Å². The van der Waals surface area contributed by atoms with Gasteiger partial charge in [-0.15, -0.1) is 10.2 Å². The number of hydrogen-bond acceptors (Lipinski definition) is 4. The Hall–Kier alpha value is -3.64. The number of aromatic nitrogens is 2. The lowest BCUT2D eigenvalue weighted by Gasteiger charge is -2.17. The molecule has 4 rings (SSSR count). The van der Waals surface area contributed by atoms with Gasteiger partial charge in [-0.25, -0.2) is 4.79 Å². The van der Waals surface area contributed by atoms with Crippen LogP contribution in [0.3, 0.4) is 0 Å². The maximum absolute atomic E-state index is 12.8. The van der Waals surface area contributed by atoms with Gasteiger partial charge in [-0.2, -0.15) is 0 Å². The second-order valence-electron chi connectivity index (χ2n) is 6.67. The zero-order chi connectivity index (χ0) is 20.9. The Balaban J connectivity index is 1.61. The minimum atomic E-state index is -0.615. The Kier molecular flexibility index (Phi) is 5.77. The number of amides is 2. The maximum Gasteiger partial charge on any atom is 0.320 e. The van der Waals surface area contributed by atoms with E-state index in [9.17, 15) is 4.79 Å². The number of hydrogen-bond donors (Lipinski definition) is 2. The molecule has 1 unspecified atom stereocenters. The number of benzene rings is 3. The lowest BCUT2D eigenvalue weighted by Crippen LogP contribution is -2.33.